The molecule has 0 atom stereocenters. The predicted octanol–water partition coefficient (Wildman–Crippen LogP) is 2.29. The molecular formula is C20H22N4O6. The molecule has 0 aliphatic carbocycles. The first-order valence-corrected chi connectivity index (χ1v) is 9.26. The van der Waals surface area contributed by atoms with Gasteiger partial charge < -0.3 is 19.1 Å². The van der Waals surface area contributed by atoms with Crippen molar-refractivity contribution in [1.29, 1.82) is 0 Å². The summed E-state index contributed by atoms with van der Waals surface area (Å²) in [4.78, 5) is 24.3. The van der Waals surface area contributed by atoms with E-state index in [2.05, 4.69) is 10.5 Å². The number of carbonyl (C=O) groups is 1. The molecule has 0 unspecified atom stereocenters. The van der Waals surface area contributed by atoms with Gasteiger partial charge in [-0.2, -0.15) is 5.10 Å². The predicted molar refractivity (Wildman–Crippen MR) is 110 cm³/mol. The van der Waals surface area contributed by atoms with Crippen LogP contribution < -0.4 is 14.9 Å². The van der Waals surface area contributed by atoms with Gasteiger partial charge in [-0.05, 0) is 29.8 Å². The van der Waals surface area contributed by atoms with E-state index in [1.165, 1.54) is 19.2 Å². The largest absolute Gasteiger partial charge is 0.493 e. The molecule has 1 fully saturated rings. The highest BCUT2D eigenvalue weighted by Gasteiger charge is 2.18. The number of ether oxygens (including phenoxy) is 3. The minimum absolute atomic E-state index is 0.0232. The standard InChI is InChI=1S/C20H22N4O6/c1-28-19-11-15(13-21-22-16-3-2-4-17(12-16)24(26)27)5-6-18(19)30-14-20(25)23-7-9-29-10-8-23/h2-6,11-13,22H,7-10,14H2,1H3/b21-13+. The minimum atomic E-state index is -0.470. The molecule has 1 saturated heterocycles. The second-order valence-corrected chi connectivity index (χ2v) is 6.37. The SMILES string of the molecule is COc1cc(/C=N/Nc2cccc([N+](=O)[O-])c2)ccc1OCC(=O)N1CCOCC1. The highest BCUT2D eigenvalue weighted by atomic mass is 16.6. The first kappa shape index (κ1) is 21.1. The van der Waals surface area contributed by atoms with Crippen LogP contribution in [-0.4, -0.2) is 62.0 Å². The van der Waals surface area contributed by atoms with Crippen LogP contribution in [-0.2, 0) is 9.53 Å². The topological polar surface area (TPSA) is 116 Å². The Hall–Kier alpha value is -3.66. The number of anilines is 1. The fourth-order valence-corrected chi connectivity index (χ4v) is 2.80. The Bertz CT molecular complexity index is 927. The summed E-state index contributed by atoms with van der Waals surface area (Å²) in [7, 11) is 1.51. The van der Waals surface area contributed by atoms with Crippen molar-refractivity contribution < 1.29 is 23.9 Å². The number of morpholine rings is 1. The smallest absolute Gasteiger partial charge is 0.271 e. The van der Waals surface area contributed by atoms with Gasteiger partial charge in [-0.25, -0.2) is 0 Å². The Morgan fingerprint density at radius 1 is 1.27 bits per heavy atom. The van der Waals surface area contributed by atoms with Crippen LogP contribution in [0.25, 0.3) is 0 Å². The Balaban J connectivity index is 1.59. The lowest BCUT2D eigenvalue weighted by Gasteiger charge is -2.26. The van der Waals surface area contributed by atoms with Gasteiger partial charge in [0.25, 0.3) is 11.6 Å². The second-order valence-electron chi connectivity index (χ2n) is 6.37. The maximum Gasteiger partial charge on any atom is 0.271 e. The molecule has 158 valence electrons. The van der Waals surface area contributed by atoms with Gasteiger partial charge in [-0.3, -0.25) is 20.3 Å². The summed E-state index contributed by atoms with van der Waals surface area (Å²) in [5, 5.41) is 14.9. The Morgan fingerprint density at radius 2 is 2.07 bits per heavy atom. The third-order valence-corrected chi connectivity index (χ3v) is 4.37. The number of hydrazone groups is 1. The van der Waals surface area contributed by atoms with Crippen LogP contribution in [0.1, 0.15) is 5.56 Å². The molecule has 0 spiro atoms. The number of nitro groups is 1. The van der Waals surface area contributed by atoms with Crippen molar-refractivity contribution >= 4 is 23.5 Å². The van der Waals surface area contributed by atoms with E-state index < -0.39 is 4.92 Å². The summed E-state index contributed by atoms with van der Waals surface area (Å²) in [5.41, 5.74) is 3.94. The first-order chi connectivity index (χ1) is 14.6. The lowest BCUT2D eigenvalue weighted by Crippen LogP contribution is -2.43. The summed E-state index contributed by atoms with van der Waals surface area (Å²) in [6, 6.07) is 11.2. The first-order valence-electron chi connectivity index (χ1n) is 9.26. The van der Waals surface area contributed by atoms with E-state index in [4.69, 9.17) is 14.2 Å². The van der Waals surface area contributed by atoms with E-state index in [0.717, 1.165) is 5.56 Å². The highest BCUT2D eigenvalue weighted by Crippen LogP contribution is 2.27. The molecule has 0 aromatic heterocycles. The number of hydrogen-bond donors (Lipinski definition) is 1. The molecule has 0 saturated carbocycles. The molecule has 10 nitrogen and oxygen atoms in total. The van der Waals surface area contributed by atoms with Crippen molar-refractivity contribution in [3.05, 3.63) is 58.1 Å². The van der Waals surface area contributed by atoms with Gasteiger partial charge in [0.2, 0.25) is 0 Å². The third-order valence-electron chi connectivity index (χ3n) is 4.37. The molecule has 1 heterocycles. The third kappa shape index (κ3) is 5.67. The summed E-state index contributed by atoms with van der Waals surface area (Å²) in [6.45, 7) is 2.11. The van der Waals surface area contributed by atoms with Crippen molar-refractivity contribution in [2.24, 2.45) is 5.10 Å². The van der Waals surface area contributed by atoms with Gasteiger partial charge in [0.05, 0.1) is 37.1 Å². The number of carbonyl (C=O) groups excluding carboxylic acids is 1. The lowest BCUT2D eigenvalue weighted by atomic mass is 10.2. The molecule has 10 heteroatoms. The average Bonchev–Trinajstić information content (AvgIpc) is 2.78. The van der Waals surface area contributed by atoms with E-state index in [0.29, 0.717) is 43.5 Å². The summed E-state index contributed by atoms with van der Waals surface area (Å²) < 4.78 is 16.2. The van der Waals surface area contributed by atoms with Crippen molar-refractivity contribution in [2.75, 3.05) is 45.4 Å². The number of hydrogen-bond acceptors (Lipinski definition) is 8. The van der Waals surface area contributed by atoms with Crippen LogP contribution in [0, 0.1) is 10.1 Å². The van der Waals surface area contributed by atoms with Crippen LogP contribution in [0.3, 0.4) is 0 Å². The number of non-ortho nitro benzene ring substituents is 1. The second kappa shape index (κ2) is 10.2. The average molecular weight is 414 g/mol. The zero-order valence-corrected chi connectivity index (χ0v) is 16.4. The van der Waals surface area contributed by atoms with Crippen molar-refractivity contribution in [2.45, 2.75) is 0 Å². The van der Waals surface area contributed by atoms with Crippen molar-refractivity contribution in [1.82, 2.24) is 4.90 Å². The number of rotatable bonds is 8. The quantitative estimate of drug-likeness (QED) is 0.400. The Kier molecular flexibility index (Phi) is 7.17. The monoisotopic (exact) mass is 414 g/mol. The molecule has 0 bridgehead atoms. The van der Waals surface area contributed by atoms with Crippen LogP contribution in [0.2, 0.25) is 0 Å². The molecule has 1 aliphatic heterocycles. The van der Waals surface area contributed by atoms with Gasteiger partial charge >= 0.3 is 0 Å². The maximum atomic E-state index is 12.2. The number of amides is 1. The number of methoxy groups -OCH3 is 1. The van der Waals surface area contributed by atoms with Crippen LogP contribution in [0.5, 0.6) is 11.5 Å². The molecule has 2 aromatic carbocycles. The molecule has 30 heavy (non-hydrogen) atoms. The fraction of sp³-hybridized carbons (Fsp3) is 0.300. The molecule has 2 aromatic rings. The molecule has 0 radical (unpaired) electrons. The van der Waals surface area contributed by atoms with Gasteiger partial charge in [0.15, 0.2) is 18.1 Å². The van der Waals surface area contributed by atoms with Crippen LogP contribution in [0.15, 0.2) is 47.6 Å². The van der Waals surface area contributed by atoms with E-state index in [1.54, 1.807) is 41.4 Å². The molecule has 3 rings (SSSR count). The van der Waals surface area contributed by atoms with Crippen molar-refractivity contribution in [3.63, 3.8) is 0 Å². The fourth-order valence-electron chi connectivity index (χ4n) is 2.80. The van der Waals surface area contributed by atoms with E-state index in [9.17, 15) is 14.9 Å². The van der Waals surface area contributed by atoms with E-state index in [1.807, 2.05) is 0 Å². The molecular weight excluding hydrogens is 392 g/mol. The highest BCUT2D eigenvalue weighted by molar-refractivity contribution is 5.82. The normalized spacial score (nSPS) is 13.8. The zero-order chi connectivity index (χ0) is 21.3. The Morgan fingerprint density at radius 3 is 2.80 bits per heavy atom. The maximum absolute atomic E-state index is 12.2. The minimum Gasteiger partial charge on any atom is -0.493 e. The summed E-state index contributed by atoms with van der Waals surface area (Å²) >= 11 is 0. The molecule has 1 amide bonds. The molecule has 1 aliphatic rings. The van der Waals surface area contributed by atoms with Gasteiger partial charge in [-0.1, -0.05) is 6.07 Å². The van der Waals surface area contributed by atoms with Gasteiger partial charge in [0.1, 0.15) is 0 Å². The van der Waals surface area contributed by atoms with Crippen LogP contribution >= 0.6 is 0 Å². The Labute approximate surface area is 173 Å². The van der Waals surface area contributed by atoms with Crippen molar-refractivity contribution in [3.8, 4) is 11.5 Å². The number of nitro benzene ring substituents is 1. The van der Waals surface area contributed by atoms with Gasteiger partial charge in [-0.15, -0.1) is 0 Å². The summed E-state index contributed by atoms with van der Waals surface area (Å²) in [5.74, 6) is 0.805. The number of benzene rings is 2. The zero-order valence-electron chi connectivity index (χ0n) is 16.4. The number of nitrogens with one attached hydrogen (secondary N) is 1. The lowest BCUT2D eigenvalue weighted by molar-refractivity contribution is -0.384. The van der Waals surface area contributed by atoms with E-state index in [-0.39, 0.29) is 18.2 Å². The number of nitrogens with zero attached hydrogens (tertiary/aromatic N) is 3. The van der Waals surface area contributed by atoms with Gasteiger partial charge in [0, 0.05) is 25.2 Å². The summed E-state index contributed by atoms with van der Waals surface area (Å²) in [6.07, 6.45) is 1.55. The van der Waals surface area contributed by atoms with Crippen LogP contribution in [0.4, 0.5) is 11.4 Å². The van der Waals surface area contributed by atoms with E-state index >= 15 is 0 Å². The molecule has 1 N–H and O–H groups in total.